The number of thiophene rings is 1. The van der Waals surface area contributed by atoms with E-state index in [1.165, 1.54) is 16.0 Å². The maximum Gasteiger partial charge on any atom is 0.253 e. The van der Waals surface area contributed by atoms with Crippen LogP contribution in [0.1, 0.15) is 26.4 Å². The third-order valence-electron chi connectivity index (χ3n) is 4.75. The number of amides is 1. The van der Waals surface area contributed by atoms with E-state index in [1.807, 2.05) is 17.0 Å². The number of nitrogens with one attached hydrogen (secondary N) is 1. The Bertz CT molecular complexity index is 752. The third-order valence-corrected chi connectivity index (χ3v) is 5.97. The Balaban J connectivity index is 1.36. The molecule has 1 saturated heterocycles. The number of piperazine rings is 1. The van der Waals surface area contributed by atoms with Crippen LogP contribution in [0.2, 0.25) is 4.34 Å². The van der Waals surface area contributed by atoms with E-state index in [0.29, 0.717) is 0 Å². The van der Waals surface area contributed by atoms with Gasteiger partial charge >= 0.3 is 0 Å². The van der Waals surface area contributed by atoms with E-state index in [9.17, 15) is 4.79 Å². The molecule has 0 radical (unpaired) electrons. The predicted octanol–water partition coefficient (Wildman–Crippen LogP) is 2.96. The highest BCUT2D eigenvalue weighted by Gasteiger charge is 2.23. The van der Waals surface area contributed by atoms with Gasteiger partial charge in [-0.2, -0.15) is 0 Å². The molecule has 2 aliphatic heterocycles. The van der Waals surface area contributed by atoms with Gasteiger partial charge in [0.2, 0.25) is 0 Å². The van der Waals surface area contributed by atoms with Crippen LogP contribution in [0.25, 0.3) is 0 Å². The molecule has 1 fully saturated rings. The summed E-state index contributed by atoms with van der Waals surface area (Å²) in [5.74, 6) is 0.156. The lowest BCUT2D eigenvalue weighted by Crippen LogP contribution is -2.48. The van der Waals surface area contributed by atoms with Crippen molar-refractivity contribution >= 4 is 28.8 Å². The van der Waals surface area contributed by atoms with Gasteiger partial charge in [0, 0.05) is 56.3 Å². The van der Waals surface area contributed by atoms with Gasteiger partial charge in [0.25, 0.3) is 5.91 Å². The third kappa shape index (κ3) is 3.35. The topological polar surface area (TPSA) is 35.6 Å². The van der Waals surface area contributed by atoms with Crippen LogP contribution in [0.3, 0.4) is 0 Å². The number of hydrogen-bond donors (Lipinski definition) is 1. The Kier molecular flexibility index (Phi) is 4.59. The lowest BCUT2D eigenvalue weighted by Gasteiger charge is -2.34. The fraction of sp³-hybridized carbons (Fsp3) is 0.389. The zero-order valence-electron chi connectivity index (χ0n) is 13.4. The van der Waals surface area contributed by atoms with Crippen molar-refractivity contribution in [3.05, 3.63) is 56.2 Å². The molecular weight excluding hydrogens is 342 g/mol. The molecule has 2 aromatic rings. The first kappa shape index (κ1) is 16.1. The Morgan fingerprint density at radius 1 is 1.08 bits per heavy atom. The van der Waals surface area contributed by atoms with Gasteiger partial charge in [-0.1, -0.05) is 17.7 Å². The summed E-state index contributed by atoms with van der Waals surface area (Å²) in [7, 11) is 0. The molecular formula is C18H20ClN3OS. The number of carbonyl (C=O) groups is 1. The van der Waals surface area contributed by atoms with E-state index in [2.05, 4.69) is 28.4 Å². The van der Waals surface area contributed by atoms with E-state index in [0.717, 1.165) is 55.7 Å². The summed E-state index contributed by atoms with van der Waals surface area (Å²) in [6, 6.07) is 10.1. The normalized spacial score (nSPS) is 18.0. The summed E-state index contributed by atoms with van der Waals surface area (Å²) < 4.78 is 0.838. The molecule has 1 N–H and O–H groups in total. The number of halogens is 1. The van der Waals surface area contributed by atoms with Gasteiger partial charge in [-0.3, -0.25) is 9.69 Å². The van der Waals surface area contributed by atoms with Gasteiger partial charge in [0.05, 0.1) is 4.34 Å². The molecule has 0 aliphatic carbocycles. The maximum atomic E-state index is 12.7. The summed E-state index contributed by atoms with van der Waals surface area (Å²) in [6.45, 7) is 6.09. The van der Waals surface area contributed by atoms with Crippen LogP contribution < -0.4 is 5.32 Å². The van der Waals surface area contributed by atoms with E-state index < -0.39 is 0 Å². The Hall–Kier alpha value is -1.40. The molecule has 0 unspecified atom stereocenters. The minimum absolute atomic E-state index is 0.156. The Morgan fingerprint density at radius 2 is 1.88 bits per heavy atom. The van der Waals surface area contributed by atoms with Gasteiger partial charge in [-0.15, -0.1) is 11.3 Å². The molecule has 0 spiro atoms. The van der Waals surface area contributed by atoms with Crippen LogP contribution in [0, 0.1) is 0 Å². The number of hydrogen-bond acceptors (Lipinski definition) is 4. The molecule has 1 aromatic carbocycles. The fourth-order valence-electron chi connectivity index (χ4n) is 3.38. The maximum absolute atomic E-state index is 12.7. The van der Waals surface area contributed by atoms with Crippen molar-refractivity contribution < 1.29 is 4.79 Å². The quantitative estimate of drug-likeness (QED) is 0.913. The summed E-state index contributed by atoms with van der Waals surface area (Å²) in [5.41, 5.74) is 3.39. The molecule has 126 valence electrons. The molecule has 1 aromatic heterocycles. The molecule has 6 heteroatoms. The lowest BCUT2D eigenvalue weighted by atomic mass is 10.1. The van der Waals surface area contributed by atoms with Gasteiger partial charge < -0.3 is 10.2 Å². The molecule has 3 heterocycles. The van der Waals surface area contributed by atoms with E-state index >= 15 is 0 Å². The Labute approximate surface area is 151 Å². The molecule has 4 rings (SSSR count). The average Bonchev–Trinajstić information content (AvgIpc) is 3.23. The highest BCUT2D eigenvalue weighted by molar-refractivity contribution is 7.16. The Morgan fingerprint density at radius 3 is 2.62 bits per heavy atom. The average molecular weight is 362 g/mol. The predicted molar refractivity (Wildman–Crippen MR) is 97.5 cm³/mol. The van der Waals surface area contributed by atoms with Crippen LogP contribution in [-0.2, 0) is 19.6 Å². The highest BCUT2D eigenvalue weighted by atomic mass is 35.5. The second-order valence-electron chi connectivity index (χ2n) is 6.36. The van der Waals surface area contributed by atoms with Crippen LogP contribution in [0.5, 0.6) is 0 Å². The monoisotopic (exact) mass is 361 g/mol. The van der Waals surface area contributed by atoms with Crippen LogP contribution in [0.15, 0.2) is 30.3 Å². The molecule has 24 heavy (non-hydrogen) atoms. The van der Waals surface area contributed by atoms with E-state index in [-0.39, 0.29) is 5.91 Å². The molecule has 2 aliphatic rings. The van der Waals surface area contributed by atoms with Crippen molar-refractivity contribution in [1.29, 1.82) is 0 Å². The lowest BCUT2D eigenvalue weighted by molar-refractivity contribution is 0.0629. The van der Waals surface area contributed by atoms with Crippen LogP contribution >= 0.6 is 22.9 Å². The van der Waals surface area contributed by atoms with Crippen molar-refractivity contribution in [3.8, 4) is 0 Å². The van der Waals surface area contributed by atoms with Crippen molar-refractivity contribution in [2.75, 3.05) is 26.2 Å². The molecule has 4 nitrogen and oxygen atoms in total. The number of benzene rings is 1. The van der Waals surface area contributed by atoms with E-state index in [1.54, 1.807) is 11.3 Å². The van der Waals surface area contributed by atoms with Gasteiger partial charge in [-0.25, -0.2) is 0 Å². The minimum Gasteiger partial charge on any atom is -0.336 e. The number of nitrogens with zero attached hydrogens (tertiary/aromatic N) is 2. The number of fused-ring (bicyclic) bond motifs is 1. The standard InChI is InChI=1S/C18H20ClN3OS/c19-17-4-3-16(24-17)12-21-5-7-22(8-6-21)18(23)13-1-2-14-10-20-11-15(14)9-13/h1-4,9,20H,5-8,10-12H2. The van der Waals surface area contributed by atoms with E-state index in [4.69, 9.17) is 11.6 Å². The first-order chi connectivity index (χ1) is 11.7. The fourth-order valence-corrected chi connectivity index (χ4v) is 4.51. The molecule has 0 saturated carbocycles. The van der Waals surface area contributed by atoms with Crippen molar-refractivity contribution in [2.24, 2.45) is 0 Å². The molecule has 0 bridgehead atoms. The largest absolute Gasteiger partial charge is 0.336 e. The summed E-state index contributed by atoms with van der Waals surface area (Å²) in [5, 5.41) is 3.32. The molecule has 1 amide bonds. The first-order valence-corrected chi connectivity index (χ1v) is 9.47. The molecule has 0 atom stereocenters. The summed E-state index contributed by atoms with van der Waals surface area (Å²) in [4.78, 5) is 18.4. The number of carbonyl (C=O) groups excluding carboxylic acids is 1. The minimum atomic E-state index is 0.156. The SMILES string of the molecule is O=C(c1ccc2c(c1)CNC2)N1CCN(Cc2ccc(Cl)s2)CC1. The summed E-state index contributed by atoms with van der Waals surface area (Å²) in [6.07, 6.45) is 0. The summed E-state index contributed by atoms with van der Waals surface area (Å²) >= 11 is 7.63. The first-order valence-electron chi connectivity index (χ1n) is 8.27. The smallest absolute Gasteiger partial charge is 0.253 e. The highest BCUT2D eigenvalue weighted by Crippen LogP contribution is 2.23. The van der Waals surface area contributed by atoms with Crippen LogP contribution in [-0.4, -0.2) is 41.9 Å². The van der Waals surface area contributed by atoms with Gasteiger partial charge in [0.1, 0.15) is 0 Å². The van der Waals surface area contributed by atoms with Crippen molar-refractivity contribution in [1.82, 2.24) is 15.1 Å². The second-order valence-corrected chi connectivity index (χ2v) is 8.16. The van der Waals surface area contributed by atoms with Crippen LogP contribution in [0.4, 0.5) is 0 Å². The van der Waals surface area contributed by atoms with Crippen molar-refractivity contribution in [2.45, 2.75) is 19.6 Å². The zero-order chi connectivity index (χ0) is 16.5. The second kappa shape index (κ2) is 6.84. The van der Waals surface area contributed by atoms with Gasteiger partial charge in [-0.05, 0) is 35.4 Å². The van der Waals surface area contributed by atoms with Crippen molar-refractivity contribution in [3.63, 3.8) is 0 Å². The number of rotatable bonds is 3. The van der Waals surface area contributed by atoms with Gasteiger partial charge in [0.15, 0.2) is 0 Å². The zero-order valence-corrected chi connectivity index (χ0v) is 15.0.